The van der Waals surface area contributed by atoms with Gasteiger partial charge in [0.1, 0.15) is 23.4 Å². The van der Waals surface area contributed by atoms with Gasteiger partial charge in [-0.05, 0) is 18.6 Å². The van der Waals surface area contributed by atoms with Gasteiger partial charge in [-0.25, -0.2) is 14.8 Å². The highest BCUT2D eigenvalue weighted by Gasteiger charge is 2.17. The number of carboxylic acid groups (broad SMARTS) is 1. The Morgan fingerprint density at radius 2 is 2.06 bits per heavy atom. The van der Waals surface area contributed by atoms with E-state index in [1.54, 1.807) is 25.3 Å². The zero-order chi connectivity index (χ0) is 22.2. The van der Waals surface area contributed by atoms with Crippen LogP contribution in [0.15, 0.2) is 35.1 Å². The molecule has 0 aliphatic carbocycles. The maximum absolute atomic E-state index is 10.6. The minimum atomic E-state index is -1.07. The number of benzene rings is 1. The van der Waals surface area contributed by atoms with Crippen LogP contribution in [0.4, 0.5) is 16.4 Å². The number of anilines is 2. The van der Waals surface area contributed by atoms with Gasteiger partial charge in [-0.15, -0.1) is 0 Å². The number of H-pyrrole nitrogens is 1. The van der Waals surface area contributed by atoms with Crippen molar-refractivity contribution in [1.29, 1.82) is 5.26 Å². The van der Waals surface area contributed by atoms with Gasteiger partial charge in [0, 0.05) is 17.1 Å². The monoisotopic (exact) mass is 487 g/mol. The van der Waals surface area contributed by atoms with Gasteiger partial charge in [0.25, 0.3) is 0 Å². The first kappa shape index (κ1) is 21.8. The minimum Gasteiger partial charge on any atom is -0.496 e. The second kappa shape index (κ2) is 10.3. The summed E-state index contributed by atoms with van der Waals surface area (Å²) >= 11 is 3.44. The number of carbonyl (C=O) groups is 1. The molecule has 0 bridgehead atoms. The van der Waals surface area contributed by atoms with Gasteiger partial charge in [-0.2, -0.15) is 10.4 Å². The predicted octanol–water partition coefficient (Wildman–Crippen LogP) is 3.29. The molecule has 0 aliphatic heterocycles. The number of nitrogens with zero attached hydrogens (tertiary/aromatic N) is 4. The van der Waals surface area contributed by atoms with Crippen LogP contribution in [0.1, 0.15) is 12.1 Å². The first-order chi connectivity index (χ1) is 15.0. The number of aromatic amines is 1. The van der Waals surface area contributed by atoms with Gasteiger partial charge in [0.2, 0.25) is 0 Å². The summed E-state index contributed by atoms with van der Waals surface area (Å²) in [5.74, 6) is 2.01. The van der Waals surface area contributed by atoms with Crippen molar-refractivity contribution < 1.29 is 19.4 Å². The average molecular weight is 488 g/mol. The molecule has 0 aliphatic rings. The van der Waals surface area contributed by atoms with Crippen LogP contribution in [0.25, 0.3) is 11.3 Å². The van der Waals surface area contributed by atoms with Crippen LogP contribution in [-0.4, -0.2) is 51.6 Å². The van der Waals surface area contributed by atoms with Crippen LogP contribution in [0, 0.1) is 11.3 Å². The summed E-state index contributed by atoms with van der Waals surface area (Å²) in [6.07, 6.45) is 2.22. The van der Waals surface area contributed by atoms with Crippen molar-refractivity contribution in [3.05, 3.63) is 40.8 Å². The number of amides is 1. The van der Waals surface area contributed by atoms with Gasteiger partial charge in [-0.1, -0.05) is 15.9 Å². The lowest BCUT2D eigenvalue weighted by Gasteiger charge is -2.15. The van der Waals surface area contributed by atoms with Crippen LogP contribution in [0.5, 0.6) is 11.5 Å². The fourth-order valence-corrected chi connectivity index (χ4v) is 3.06. The quantitative estimate of drug-likeness (QED) is 0.332. The topological polar surface area (TPSA) is 158 Å². The van der Waals surface area contributed by atoms with Crippen molar-refractivity contribution in [2.75, 3.05) is 25.6 Å². The second-order valence-electron chi connectivity index (χ2n) is 6.11. The highest BCUT2D eigenvalue weighted by atomic mass is 79.9. The molecule has 0 atom stereocenters. The molecular formula is C19H18BrN7O4. The van der Waals surface area contributed by atoms with E-state index >= 15 is 0 Å². The van der Waals surface area contributed by atoms with Crippen LogP contribution < -0.4 is 20.1 Å². The molecule has 160 valence electrons. The second-order valence-corrected chi connectivity index (χ2v) is 7.02. The summed E-state index contributed by atoms with van der Waals surface area (Å²) in [6, 6.07) is 7.26. The molecular weight excluding hydrogens is 470 g/mol. The number of aromatic nitrogens is 4. The minimum absolute atomic E-state index is 0.216. The Labute approximate surface area is 185 Å². The van der Waals surface area contributed by atoms with Crippen molar-refractivity contribution in [2.45, 2.75) is 6.42 Å². The highest BCUT2D eigenvalue weighted by molar-refractivity contribution is 9.10. The lowest BCUT2D eigenvalue weighted by Crippen LogP contribution is -2.23. The molecule has 12 heteroatoms. The standard InChI is InChI=1S/C19H18BrN7O4/c1-30-14-5-11(20)6-15(31-4-2-3-22-19(28)29)18(14)13-7-16(27-26-13)25-17-10-23-12(8-21)9-24-17/h5-7,9-10,22H,2-4H2,1H3,(H,28,29)(H2,24,25,26,27). The summed E-state index contributed by atoms with van der Waals surface area (Å²) in [6.45, 7) is 0.576. The number of hydrogen-bond acceptors (Lipinski definition) is 8. The third-order valence-electron chi connectivity index (χ3n) is 3.98. The summed E-state index contributed by atoms with van der Waals surface area (Å²) < 4.78 is 12.2. The van der Waals surface area contributed by atoms with E-state index < -0.39 is 6.09 Å². The molecule has 0 saturated carbocycles. The molecule has 11 nitrogen and oxygen atoms in total. The average Bonchev–Trinajstić information content (AvgIpc) is 3.21. The first-order valence-electron chi connectivity index (χ1n) is 9.02. The molecule has 2 aromatic heterocycles. The van der Waals surface area contributed by atoms with E-state index in [4.69, 9.17) is 19.8 Å². The zero-order valence-corrected chi connectivity index (χ0v) is 17.9. The van der Waals surface area contributed by atoms with E-state index in [-0.39, 0.29) is 12.2 Å². The molecule has 1 amide bonds. The predicted molar refractivity (Wildman–Crippen MR) is 114 cm³/mol. The van der Waals surface area contributed by atoms with Crippen LogP contribution in [-0.2, 0) is 0 Å². The molecule has 2 heterocycles. The van der Waals surface area contributed by atoms with Gasteiger partial charge in [0.05, 0.1) is 37.4 Å². The Morgan fingerprint density at radius 1 is 1.26 bits per heavy atom. The SMILES string of the molecule is COc1cc(Br)cc(OCCCNC(=O)O)c1-c1cc(Nc2cnc(C#N)cn2)n[nH]1. The zero-order valence-electron chi connectivity index (χ0n) is 16.3. The van der Waals surface area contributed by atoms with Gasteiger partial charge < -0.3 is 25.2 Å². The molecule has 0 spiro atoms. The van der Waals surface area contributed by atoms with E-state index in [2.05, 4.69) is 46.7 Å². The maximum atomic E-state index is 10.6. The van der Waals surface area contributed by atoms with Gasteiger partial charge in [0.15, 0.2) is 11.5 Å². The summed E-state index contributed by atoms with van der Waals surface area (Å²) in [4.78, 5) is 18.6. The molecule has 0 saturated heterocycles. The molecule has 0 radical (unpaired) electrons. The van der Waals surface area contributed by atoms with Crippen molar-refractivity contribution in [1.82, 2.24) is 25.5 Å². The first-order valence-corrected chi connectivity index (χ1v) is 9.81. The maximum Gasteiger partial charge on any atom is 0.404 e. The third-order valence-corrected chi connectivity index (χ3v) is 4.43. The smallest absolute Gasteiger partial charge is 0.404 e. The van der Waals surface area contributed by atoms with E-state index in [1.165, 1.54) is 12.4 Å². The van der Waals surface area contributed by atoms with Gasteiger partial charge >= 0.3 is 6.09 Å². The Hall–Kier alpha value is -3.85. The van der Waals surface area contributed by atoms with Gasteiger partial charge in [-0.3, -0.25) is 5.10 Å². The fraction of sp³-hybridized carbons (Fsp3) is 0.211. The van der Waals surface area contributed by atoms with E-state index in [0.29, 0.717) is 47.4 Å². The summed E-state index contributed by atoms with van der Waals surface area (Å²) in [5, 5.41) is 29.9. The molecule has 0 unspecified atom stereocenters. The molecule has 3 rings (SSSR count). The van der Waals surface area contributed by atoms with Crippen LogP contribution >= 0.6 is 15.9 Å². The number of hydrogen-bond donors (Lipinski definition) is 4. The lowest BCUT2D eigenvalue weighted by atomic mass is 10.1. The Balaban J connectivity index is 1.80. The van der Waals surface area contributed by atoms with Crippen molar-refractivity contribution in [2.24, 2.45) is 0 Å². The number of nitrogens with one attached hydrogen (secondary N) is 3. The van der Waals surface area contributed by atoms with Crippen LogP contribution in [0.2, 0.25) is 0 Å². The van der Waals surface area contributed by atoms with Crippen molar-refractivity contribution in [3.8, 4) is 28.8 Å². The van der Waals surface area contributed by atoms with Crippen molar-refractivity contribution >= 4 is 33.7 Å². The fourth-order valence-electron chi connectivity index (χ4n) is 2.64. The summed E-state index contributed by atoms with van der Waals surface area (Å²) in [5.41, 5.74) is 1.50. The number of ether oxygens (including phenoxy) is 2. The molecule has 1 aromatic carbocycles. The Bertz CT molecular complexity index is 1100. The molecule has 0 fully saturated rings. The normalized spacial score (nSPS) is 10.2. The van der Waals surface area contributed by atoms with E-state index in [1.807, 2.05) is 6.07 Å². The molecule has 3 aromatic rings. The number of halogens is 1. The Morgan fingerprint density at radius 3 is 2.74 bits per heavy atom. The number of nitriles is 1. The number of rotatable bonds is 9. The van der Waals surface area contributed by atoms with Crippen molar-refractivity contribution in [3.63, 3.8) is 0 Å². The molecule has 31 heavy (non-hydrogen) atoms. The summed E-state index contributed by atoms with van der Waals surface area (Å²) in [7, 11) is 1.55. The van der Waals surface area contributed by atoms with E-state index in [9.17, 15) is 4.79 Å². The highest BCUT2D eigenvalue weighted by Crippen LogP contribution is 2.41. The van der Waals surface area contributed by atoms with E-state index in [0.717, 1.165) is 4.47 Å². The third kappa shape index (κ3) is 5.83. The van der Waals surface area contributed by atoms with Crippen LogP contribution in [0.3, 0.4) is 0 Å². The lowest BCUT2D eigenvalue weighted by molar-refractivity contribution is 0.193. The molecule has 4 N–H and O–H groups in total. The Kier molecular flexibility index (Phi) is 7.23. The largest absolute Gasteiger partial charge is 0.496 e. The number of methoxy groups -OCH3 is 1.